The second-order valence-electron chi connectivity index (χ2n) is 4.41. The van der Waals surface area contributed by atoms with Crippen molar-refractivity contribution in [1.82, 2.24) is 4.98 Å². The Bertz CT molecular complexity index is 707. The third kappa shape index (κ3) is 4.67. The summed E-state index contributed by atoms with van der Waals surface area (Å²) in [5.41, 5.74) is 1.71. The molecule has 1 amide bonds. The van der Waals surface area contributed by atoms with Crippen LogP contribution in [0.2, 0.25) is 0 Å². The van der Waals surface area contributed by atoms with Crippen molar-refractivity contribution in [1.29, 1.82) is 0 Å². The molecule has 0 fully saturated rings. The number of pyridine rings is 1. The first-order valence-electron chi connectivity index (χ1n) is 6.25. The molecule has 22 heavy (non-hydrogen) atoms. The van der Waals surface area contributed by atoms with E-state index in [4.69, 9.17) is 0 Å². The van der Waals surface area contributed by atoms with Gasteiger partial charge in [0.25, 0.3) is 5.69 Å². The minimum atomic E-state index is -0.506. The van der Waals surface area contributed by atoms with Crippen LogP contribution in [0.25, 0.3) is 0 Å². The summed E-state index contributed by atoms with van der Waals surface area (Å²) in [6.45, 7) is 1.93. The van der Waals surface area contributed by atoms with Crippen LogP contribution >= 0.6 is 34.4 Å². The van der Waals surface area contributed by atoms with E-state index in [1.165, 1.54) is 30.1 Å². The number of thioether (sulfide) groups is 1. The molecular formula is C14H12IN3O3S. The van der Waals surface area contributed by atoms with Crippen molar-refractivity contribution in [3.05, 3.63) is 55.8 Å². The summed E-state index contributed by atoms with van der Waals surface area (Å²) in [7, 11) is 0. The van der Waals surface area contributed by atoms with E-state index in [0.29, 0.717) is 5.03 Å². The molecule has 2 aromatic rings. The van der Waals surface area contributed by atoms with Gasteiger partial charge >= 0.3 is 0 Å². The molecule has 0 bridgehead atoms. The lowest BCUT2D eigenvalue weighted by Gasteiger charge is -2.08. The summed E-state index contributed by atoms with van der Waals surface area (Å²) in [6, 6.07) is 8.68. The van der Waals surface area contributed by atoms with Crippen LogP contribution in [0.3, 0.4) is 0 Å². The Hall–Kier alpha value is -1.68. The third-order valence-electron chi connectivity index (χ3n) is 2.75. The topological polar surface area (TPSA) is 85.1 Å². The van der Waals surface area contributed by atoms with E-state index in [2.05, 4.69) is 32.9 Å². The van der Waals surface area contributed by atoms with Crippen LogP contribution in [-0.2, 0) is 4.79 Å². The zero-order chi connectivity index (χ0) is 16.1. The van der Waals surface area contributed by atoms with Crippen molar-refractivity contribution in [2.45, 2.75) is 11.9 Å². The van der Waals surface area contributed by atoms with Gasteiger partial charge < -0.3 is 5.32 Å². The standard InChI is InChI=1S/C14H12IN3O3S/c1-9-6-10(15)2-4-12(9)17-13(19)8-22-14-5-3-11(7-16-14)18(20)21/h2-7H,8H2,1H3,(H,17,19). The van der Waals surface area contributed by atoms with E-state index >= 15 is 0 Å². The lowest BCUT2D eigenvalue weighted by molar-refractivity contribution is -0.385. The number of nitro groups is 1. The van der Waals surface area contributed by atoms with E-state index in [0.717, 1.165) is 14.8 Å². The monoisotopic (exact) mass is 429 g/mol. The number of nitrogens with one attached hydrogen (secondary N) is 1. The number of benzene rings is 1. The van der Waals surface area contributed by atoms with Crippen molar-refractivity contribution in [2.75, 3.05) is 11.1 Å². The van der Waals surface area contributed by atoms with Crippen LogP contribution < -0.4 is 5.32 Å². The fourth-order valence-corrected chi connectivity index (χ4v) is 2.95. The molecule has 0 aliphatic rings. The van der Waals surface area contributed by atoms with Crippen LogP contribution in [0, 0.1) is 20.6 Å². The molecule has 0 aliphatic heterocycles. The van der Waals surface area contributed by atoms with Crippen molar-refractivity contribution in [2.24, 2.45) is 0 Å². The summed E-state index contributed by atoms with van der Waals surface area (Å²) < 4.78 is 1.11. The number of amides is 1. The Labute approximate surface area is 145 Å². The number of halogens is 1. The molecule has 1 N–H and O–H groups in total. The SMILES string of the molecule is Cc1cc(I)ccc1NC(=O)CSc1ccc([N+](=O)[O-])cn1. The van der Waals surface area contributed by atoms with Crippen LogP contribution in [-0.4, -0.2) is 21.6 Å². The maximum absolute atomic E-state index is 11.9. The lowest BCUT2D eigenvalue weighted by Crippen LogP contribution is -2.15. The molecule has 0 saturated carbocycles. The average Bonchev–Trinajstić information content (AvgIpc) is 2.48. The van der Waals surface area contributed by atoms with Crippen LogP contribution in [0.5, 0.6) is 0 Å². The summed E-state index contributed by atoms with van der Waals surface area (Å²) in [5.74, 6) is 0.0467. The zero-order valence-electron chi connectivity index (χ0n) is 11.6. The first kappa shape index (κ1) is 16.7. The Morgan fingerprint density at radius 3 is 2.77 bits per heavy atom. The Balaban J connectivity index is 1.91. The second kappa shape index (κ2) is 7.54. The van der Waals surface area contributed by atoms with Crippen LogP contribution in [0.4, 0.5) is 11.4 Å². The van der Waals surface area contributed by atoms with E-state index < -0.39 is 4.92 Å². The van der Waals surface area contributed by atoms with Gasteiger partial charge in [-0.15, -0.1) is 0 Å². The summed E-state index contributed by atoms with van der Waals surface area (Å²) in [5, 5.41) is 13.9. The predicted molar refractivity (Wildman–Crippen MR) is 94.1 cm³/mol. The zero-order valence-corrected chi connectivity index (χ0v) is 14.6. The van der Waals surface area contributed by atoms with Crippen molar-refractivity contribution in [3.8, 4) is 0 Å². The summed E-state index contributed by atoms with van der Waals surface area (Å²) in [4.78, 5) is 25.9. The van der Waals surface area contributed by atoms with Crippen molar-refractivity contribution >= 4 is 51.6 Å². The predicted octanol–water partition coefficient (Wildman–Crippen LogP) is 3.63. The van der Waals surface area contributed by atoms with Gasteiger partial charge in [0.05, 0.1) is 15.7 Å². The Morgan fingerprint density at radius 2 is 2.18 bits per heavy atom. The highest BCUT2D eigenvalue weighted by molar-refractivity contribution is 14.1. The number of hydrogen-bond acceptors (Lipinski definition) is 5. The molecule has 6 nitrogen and oxygen atoms in total. The van der Waals surface area contributed by atoms with Crippen LogP contribution in [0.15, 0.2) is 41.6 Å². The van der Waals surface area contributed by atoms with E-state index in [9.17, 15) is 14.9 Å². The molecule has 114 valence electrons. The van der Waals surface area contributed by atoms with Gasteiger partial charge in [-0.25, -0.2) is 4.98 Å². The number of carbonyl (C=O) groups is 1. The molecule has 0 aliphatic carbocycles. The molecule has 0 atom stereocenters. The fourth-order valence-electron chi connectivity index (χ4n) is 1.66. The molecule has 8 heteroatoms. The van der Waals surface area contributed by atoms with E-state index in [1.54, 1.807) is 0 Å². The van der Waals surface area contributed by atoms with Gasteiger partial charge in [-0.3, -0.25) is 14.9 Å². The molecule has 1 aromatic heterocycles. The maximum Gasteiger partial charge on any atom is 0.287 e. The Morgan fingerprint density at radius 1 is 1.41 bits per heavy atom. The molecule has 0 spiro atoms. The summed E-state index contributed by atoms with van der Waals surface area (Å²) >= 11 is 3.44. The number of aromatic nitrogens is 1. The highest BCUT2D eigenvalue weighted by Gasteiger charge is 2.09. The van der Waals surface area contributed by atoms with E-state index in [-0.39, 0.29) is 17.3 Å². The lowest BCUT2D eigenvalue weighted by atomic mass is 10.2. The second-order valence-corrected chi connectivity index (χ2v) is 6.65. The number of nitrogens with zero attached hydrogens (tertiary/aromatic N) is 2. The van der Waals surface area contributed by atoms with Gasteiger partial charge in [-0.1, -0.05) is 11.8 Å². The van der Waals surface area contributed by atoms with Gasteiger partial charge in [-0.05, 0) is 59.3 Å². The van der Waals surface area contributed by atoms with Gasteiger partial charge in [-0.2, -0.15) is 0 Å². The highest BCUT2D eigenvalue weighted by Crippen LogP contribution is 2.20. The molecule has 0 radical (unpaired) electrons. The first-order valence-corrected chi connectivity index (χ1v) is 8.31. The Kier molecular flexibility index (Phi) is 5.72. The smallest absolute Gasteiger partial charge is 0.287 e. The number of rotatable bonds is 5. The molecule has 0 saturated heterocycles. The number of hydrogen-bond donors (Lipinski definition) is 1. The first-order chi connectivity index (χ1) is 10.5. The van der Waals surface area contributed by atoms with Crippen molar-refractivity contribution in [3.63, 3.8) is 0 Å². The van der Waals surface area contributed by atoms with Gasteiger partial charge in [0.2, 0.25) is 5.91 Å². The maximum atomic E-state index is 11.9. The average molecular weight is 429 g/mol. The number of anilines is 1. The van der Waals surface area contributed by atoms with Gasteiger partial charge in [0.1, 0.15) is 6.20 Å². The van der Waals surface area contributed by atoms with E-state index in [1.807, 2.05) is 25.1 Å². The van der Waals surface area contributed by atoms with Gasteiger partial charge in [0.15, 0.2) is 0 Å². The minimum absolute atomic E-state index is 0.0664. The minimum Gasteiger partial charge on any atom is -0.325 e. The quantitative estimate of drug-likeness (QED) is 0.340. The van der Waals surface area contributed by atoms with Crippen molar-refractivity contribution < 1.29 is 9.72 Å². The number of carbonyl (C=O) groups excluding carboxylic acids is 1. The fraction of sp³-hybridized carbons (Fsp3) is 0.143. The third-order valence-corrected chi connectivity index (χ3v) is 4.36. The molecule has 0 unspecified atom stereocenters. The van der Waals surface area contributed by atoms with Crippen LogP contribution in [0.1, 0.15) is 5.56 Å². The largest absolute Gasteiger partial charge is 0.325 e. The van der Waals surface area contributed by atoms with Gasteiger partial charge in [0, 0.05) is 15.3 Å². The number of aryl methyl sites for hydroxylation is 1. The normalized spacial score (nSPS) is 10.3. The molecular weight excluding hydrogens is 417 g/mol. The molecule has 2 rings (SSSR count). The highest BCUT2D eigenvalue weighted by atomic mass is 127. The molecule has 1 heterocycles. The molecule has 1 aromatic carbocycles. The summed E-state index contributed by atoms with van der Waals surface area (Å²) in [6.07, 6.45) is 1.18.